The standard InChI is InChI=1S/C11H18N2/c1-8(2)10-6-5-7-12-11(10)13-9(3)4/h5-9H,1-4H3,(H,12,13). The molecule has 0 amide bonds. The Morgan fingerprint density at radius 1 is 1.23 bits per heavy atom. The summed E-state index contributed by atoms with van der Waals surface area (Å²) in [6, 6.07) is 4.55. The SMILES string of the molecule is CC(C)Nc1ncccc1C(C)C. The molecule has 2 heteroatoms. The maximum Gasteiger partial charge on any atom is 0.129 e. The summed E-state index contributed by atoms with van der Waals surface area (Å²) in [7, 11) is 0. The zero-order chi connectivity index (χ0) is 9.84. The van der Waals surface area contributed by atoms with Crippen LogP contribution < -0.4 is 5.32 Å². The van der Waals surface area contributed by atoms with Crippen molar-refractivity contribution in [1.82, 2.24) is 4.98 Å². The summed E-state index contributed by atoms with van der Waals surface area (Å²) in [5.41, 5.74) is 1.29. The van der Waals surface area contributed by atoms with E-state index in [1.807, 2.05) is 12.3 Å². The number of aromatic nitrogens is 1. The highest BCUT2D eigenvalue weighted by Gasteiger charge is 2.06. The summed E-state index contributed by atoms with van der Waals surface area (Å²) in [5.74, 6) is 1.54. The molecule has 0 saturated heterocycles. The second kappa shape index (κ2) is 4.26. The minimum atomic E-state index is 0.437. The second-order valence-electron chi connectivity index (χ2n) is 3.89. The van der Waals surface area contributed by atoms with Crippen molar-refractivity contribution in [2.75, 3.05) is 5.32 Å². The summed E-state index contributed by atoms with van der Waals surface area (Å²) in [4.78, 5) is 4.33. The van der Waals surface area contributed by atoms with Crippen molar-refractivity contribution in [1.29, 1.82) is 0 Å². The van der Waals surface area contributed by atoms with Crippen molar-refractivity contribution in [3.8, 4) is 0 Å². The first-order valence-corrected chi connectivity index (χ1v) is 4.82. The van der Waals surface area contributed by atoms with E-state index < -0.39 is 0 Å². The molecule has 0 unspecified atom stereocenters. The highest BCUT2D eigenvalue weighted by Crippen LogP contribution is 2.21. The molecule has 0 fully saturated rings. The van der Waals surface area contributed by atoms with Gasteiger partial charge in [0.05, 0.1) is 0 Å². The van der Waals surface area contributed by atoms with E-state index in [-0.39, 0.29) is 0 Å². The molecular weight excluding hydrogens is 160 g/mol. The van der Waals surface area contributed by atoms with Gasteiger partial charge in [0.15, 0.2) is 0 Å². The minimum Gasteiger partial charge on any atom is -0.368 e. The first kappa shape index (κ1) is 10.0. The number of rotatable bonds is 3. The Morgan fingerprint density at radius 2 is 1.92 bits per heavy atom. The quantitative estimate of drug-likeness (QED) is 0.769. The van der Waals surface area contributed by atoms with Crippen molar-refractivity contribution in [3.05, 3.63) is 23.9 Å². The first-order chi connectivity index (χ1) is 6.11. The number of hydrogen-bond acceptors (Lipinski definition) is 2. The molecular formula is C11H18N2. The molecule has 0 aromatic carbocycles. The number of nitrogens with one attached hydrogen (secondary N) is 1. The van der Waals surface area contributed by atoms with Gasteiger partial charge < -0.3 is 5.32 Å². The van der Waals surface area contributed by atoms with Crippen LogP contribution in [-0.4, -0.2) is 11.0 Å². The summed E-state index contributed by atoms with van der Waals surface area (Å²) in [5, 5.41) is 3.34. The monoisotopic (exact) mass is 178 g/mol. The van der Waals surface area contributed by atoms with Gasteiger partial charge in [-0.25, -0.2) is 4.98 Å². The van der Waals surface area contributed by atoms with Gasteiger partial charge in [-0.2, -0.15) is 0 Å². The fourth-order valence-electron chi connectivity index (χ4n) is 1.28. The van der Waals surface area contributed by atoms with Gasteiger partial charge in [-0.3, -0.25) is 0 Å². The largest absolute Gasteiger partial charge is 0.368 e. The Morgan fingerprint density at radius 3 is 2.46 bits per heavy atom. The predicted octanol–water partition coefficient (Wildman–Crippen LogP) is 3.03. The van der Waals surface area contributed by atoms with Gasteiger partial charge in [0.25, 0.3) is 0 Å². The average Bonchev–Trinajstić information content (AvgIpc) is 2.03. The summed E-state index contributed by atoms with van der Waals surface area (Å²) >= 11 is 0. The Hall–Kier alpha value is -1.05. The van der Waals surface area contributed by atoms with Crippen molar-refractivity contribution in [2.45, 2.75) is 39.7 Å². The highest BCUT2D eigenvalue weighted by atomic mass is 15.0. The first-order valence-electron chi connectivity index (χ1n) is 4.82. The van der Waals surface area contributed by atoms with Crippen LogP contribution in [0.25, 0.3) is 0 Å². The highest BCUT2D eigenvalue weighted by molar-refractivity contribution is 5.45. The molecule has 0 bridgehead atoms. The third kappa shape index (κ3) is 2.72. The fraction of sp³-hybridized carbons (Fsp3) is 0.545. The van der Waals surface area contributed by atoms with Gasteiger partial charge in [-0.1, -0.05) is 19.9 Å². The van der Waals surface area contributed by atoms with E-state index in [1.54, 1.807) is 0 Å². The Labute approximate surface area is 80.4 Å². The van der Waals surface area contributed by atoms with Crippen LogP contribution in [0, 0.1) is 0 Å². The van der Waals surface area contributed by atoms with E-state index in [9.17, 15) is 0 Å². The molecule has 1 aromatic rings. The van der Waals surface area contributed by atoms with Crippen LogP contribution in [-0.2, 0) is 0 Å². The average molecular weight is 178 g/mol. The van der Waals surface area contributed by atoms with Crippen LogP contribution in [0.1, 0.15) is 39.2 Å². The lowest BCUT2D eigenvalue weighted by atomic mass is 10.0. The molecule has 0 aliphatic heterocycles. The Balaban J connectivity index is 2.91. The van der Waals surface area contributed by atoms with Crippen LogP contribution in [0.4, 0.5) is 5.82 Å². The van der Waals surface area contributed by atoms with Crippen molar-refractivity contribution in [2.24, 2.45) is 0 Å². The van der Waals surface area contributed by atoms with Gasteiger partial charge in [0.1, 0.15) is 5.82 Å². The van der Waals surface area contributed by atoms with Gasteiger partial charge in [-0.05, 0) is 31.4 Å². The van der Waals surface area contributed by atoms with E-state index in [2.05, 4.69) is 44.1 Å². The summed E-state index contributed by atoms with van der Waals surface area (Å²) in [6.45, 7) is 8.61. The van der Waals surface area contributed by atoms with Crippen molar-refractivity contribution >= 4 is 5.82 Å². The second-order valence-corrected chi connectivity index (χ2v) is 3.89. The summed E-state index contributed by atoms with van der Waals surface area (Å²) < 4.78 is 0. The molecule has 13 heavy (non-hydrogen) atoms. The third-order valence-electron chi connectivity index (χ3n) is 1.89. The molecule has 72 valence electrons. The fourth-order valence-corrected chi connectivity index (χ4v) is 1.28. The number of anilines is 1. The van der Waals surface area contributed by atoms with E-state index >= 15 is 0 Å². The number of pyridine rings is 1. The molecule has 2 nitrogen and oxygen atoms in total. The molecule has 0 radical (unpaired) electrons. The van der Waals surface area contributed by atoms with Crippen molar-refractivity contribution < 1.29 is 0 Å². The van der Waals surface area contributed by atoms with E-state index in [0.29, 0.717) is 12.0 Å². The topological polar surface area (TPSA) is 24.9 Å². The molecule has 1 rings (SSSR count). The van der Waals surface area contributed by atoms with Gasteiger partial charge >= 0.3 is 0 Å². The van der Waals surface area contributed by atoms with Crippen LogP contribution in [0.3, 0.4) is 0 Å². The van der Waals surface area contributed by atoms with Gasteiger partial charge in [-0.15, -0.1) is 0 Å². The normalized spacial score (nSPS) is 10.9. The van der Waals surface area contributed by atoms with Crippen LogP contribution in [0.15, 0.2) is 18.3 Å². The Bertz CT molecular complexity index is 267. The van der Waals surface area contributed by atoms with Crippen LogP contribution in [0.5, 0.6) is 0 Å². The maximum absolute atomic E-state index is 4.33. The third-order valence-corrected chi connectivity index (χ3v) is 1.89. The van der Waals surface area contributed by atoms with E-state index in [1.165, 1.54) is 5.56 Å². The molecule has 1 heterocycles. The van der Waals surface area contributed by atoms with Crippen LogP contribution in [0.2, 0.25) is 0 Å². The number of hydrogen-bond donors (Lipinski definition) is 1. The lowest BCUT2D eigenvalue weighted by molar-refractivity contribution is 0.834. The van der Waals surface area contributed by atoms with E-state index in [4.69, 9.17) is 0 Å². The lowest BCUT2D eigenvalue weighted by Gasteiger charge is -2.15. The molecule has 0 saturated carbocycles. The van der Waals surface area contributed by atoms with Gasteiger partial charge in [0, 0.05) is 12.2 Å². The lowest BCUT2D eigenvalue weighted by Crippen LogP contribution is -2.13. The zero-order valence-electron chi connectivity index (χ0n) is 8.83. The molecule has 1 aromatic heterocycles. The molecule has 0 spiro atoms. The molecule has 1 N–H and O–H groups in total. The number of nitrogens with zero attached hydrogens (tertiary/aromatic N) is 1. The molecule has 0 aliphatic rings. The van der Waals surface area contributed by atoms with Crippen molar-refractivity contribution in [3.63, 3.8) is 0 Å². The molecule has 0 atom stereocenters. The van der Waals surface area contributed by atoms with E-state index in [0.717, 1.165) is 5.82 Å². The maximum atomic E-state index is 4.33. The molecule has 0 aliphatic carbocycles. The van der Waals surface area contributed by atoms with Crippen LogP contribution >= 0.6 is 0 Å². The van der Waals surface area contributed by atoms with Gasteiger partial charge in [0.2, 0.25) is 0 Å². The zero-order valence-corrected chi connectivity index (χ0v) is 8.83. The Kier molecular flexibility index (Phi) is 3.29. The smallest absolute Gasteiger partial charge is 0.129 e. The summed E-state index contributed by atoms with van der Waals surface area (Å²) in [6.07, 6.45) is 1.83. The predicted molar refractivity (Wildman–Crippen MR) is 57.1 cm³/mol. The minimum absolute atomic E-state index is 0.437.